The molecule has 0 aliphatic heterocycles. The number of rotatable bonds is 8. The Morgan fingerprint density at radius 2 is 1.62 bits per heavy atom. The summed E-state index contributed by atoms with van der Waals surface area (Å²) < 4.78 is 5.93. The van der Waals surface area contributed by atoms with Gasteiger partial charge in [-0.1, -0.05) is 34.6 Å². The lowest BCUT2D eigenvalue weighted by atomic mass is 9.41. The van der Waals surface area contributed by atoms with E-state index in [0.717, 1.165) is 25.7 Å². The van der Waals surface area contributed by atoms with Crippen molar-refractivity contribution >= 4 is 5.91 Å². The topological polar surface area (TPSA) is 90.2 Å². The number of amides is 1. The minimum absolute atomic E-state index is 0.0200. The van der Waals surface area contributed by atoms with Crippen molar-refractivity contribution in [2.75, 3.05) is 20.2 Å². The van der Waals surface area contributed by atoms with Crippen molar-refractivity contribution in [1.29, 1.82) is 0 Å². The van der Waals surface area contributed by atoms with Crippen molar-refractivity contribution in [3.63, 3.8) is 0 Å². The summed E-state index contributed by atoms with van der Waals surface area (Å²) in [6, 6.07) is 0. The van der Waals surface area contributed by atoms with E-state index in [0.29, 0.717) is 41.0 Å². The second-order valence-electron chi connectivity index (χ2n) is 16.9. The number of fused-ring (bicyclic) bond motifs is 2. The monoisotopic (exact) mass is 561 g/mol. The molecule has 5 rings (SSSR count). The van der Waals surface area contributed by atoms with Gasteiger partial charge in [0.1, 0.15) is 0 Å². The Morgan fingerprint density at radius 3 is 2.23 bits per heavy atom. The van der Waals surface area contributed by atoms with Crippen LogP contribution in [0.15, 0.2) is 0 Å². The molecule has 5 aliphatic carbocycles. The smallest absolute Gasteiger partial charge is 0.219 e. The zero-order valence-electron chi connectivity index (χ0n) is 26.9. The van der Waals surface area contributed by atoms with Crippen molar-refractivity contribution in [3.8, 4) is 0 Å². The van der Waals surface area contributed by atoms with Gasteiger partial charge in [0.05, 0.1) is 23.9 Å². The summed E-state index contributed by atoms with van der Waals surface area (Å²) in [6.45, 7) is 17.7. The minimum Gasteiger partial charge on any atom is -0.393 e. The van der Waals surface area contributed by atoms with E-state index in [1.165, 1.54) is 32.1 Å². The third kappa shape index (κ3) is 4.19. The van der Waals surface area contributed by atoms with Crippen molar-refractivity contribution in [1.82, 2.24) is 4.90 Å². The molecule has 0 aromatic carbocycles. The number of carbonyl (C=O) groups excluding carboxylic acids is 1. The molecule has 3 N–H and O–H groups in total. The Bertz CT molecular complexity index is 991. The van der Waals surface area contributed by atoms with Crippen LogP contribution < -0.4 is 0 Å². The summed E-state index contributed by atoms with van der Waals surface area (Å²) >= 11 is 0. The fraction of sp³-hybridized carbons (Fsp3) is 0.971. The molecule has 5 saturated carbocycles. The first-order valence-electron chi connectivity index (χ1n) is 16.3. The van der Waals surface area contributed by atoms with Crippen molar-refractivity contribution < 1.29 is 24.9 Å². The molecule has 0 bridgehead atoms. The van der Waals surface area contributed by atoms with Gasteiger partial charge in [0.15, 0.2) is 0 Å². The first kappa shape index (κ1) is 30.8. The van der Waals surface area contributed by atoms with E-state index in [9.17, 15) is 20.1 Å². The van der Waals surface area contributed by atoms with Crippen LogP contribution in [0.2, 0.25) is 0 Å². The van der Waals surface area contributed by atoms with E-state index in [4.69, 9.17) is 4.74 Å². The van der Waals surface area contributed by atoms with E-state index in [1.807, 2.05) is 0 Å². The average Bonchev–Trinajstić information content (AvgIpc) is 3.47. The number of hydrogen-bond donors (Lipinski definition) is 3. The minimum atomic E-state index is -0.955. The highest BCUT2D eigenvalue weighted by molar-refractivity contribution is 5.73. The lowest BCUT2D eigenvalue weighted by molar-refractivity contribution is -0.182. The maximum absolute atomic E-state index is 12.4. The Labute approximate surface area is 243 Å². The van der Waals surface area contributed by atoms with E-state index < -0.39 is 5.60 Å². The second-order valence-corrected chi connectivity index (χ2v) is 16.9. The normalized spacial score (nSPS) is 46.9. The summed E-state index contributed by atoms with van der Waals surface area (Å²) in [5.74, 6) is 1.85. The Kier molecular flexibility index (Phi) is 7.43. The molecule has 6 nitrogen and oxygen atoms in total. The number of nitrogens with zero attached hydrogens (tertiary/aromatic N) is 1. The standard InChI is InChI=1S/C34H59NO5/c1-21(16-23(40-9)18-35(22(2)36)20-29(3,4)39)24-17-28(38)32(8)26-11-10-25-30(5,6)27(37)12-13-33(25)19-34(26,33)15-14-31(24,32)7/h21,23-28,37-39H,10-20H2,1-9H3/t21-,23?,24-,25+,26?,27?,28+,31?,32-,33?,34?/m1/s1. The number of hydrogen-bond acceptors (Lipinski definition) is 5. The van der Waals surface area contributed by atoms with Crippen LogP contribution >= 0.6 is 0 Å². The Balaban J connectivity index is 1.36. The van der Waals surface area contributed by atoms with Gasteiger partial charge >= 0.3 is 0 Å². The van der Waals surface area contributed by atoms with Crippen LogP contribution in [-0.4, -0.2) is 70.2 Å². The Hall–Kier alpha value is -0.690. The predicted molar refractivity (Wildman–Crippen MR) is 157 cm³/mol. The number of aliphatic hydroxyl groups excluding tert-OH is 2. The highest BCUT2D eigenvalue weighted by Gasteiger charge is 2.83. The van der Waals surface area contributed by atoms with Crippen LogP contribution in [0.5, 0.6) is 0 Å². The quantitative estimate of drug-likeness (QED) is 0.368. The van der Waals surface area contributed by atoms with Crippen molar-refractivity contribution in [2.45, 2.75) is 137 Å². The molecule has 5 aliphatic rings. The van der Waals surface area contributed by atoms with Gasteiger partial charge in [-0.15, -0.1) is 0 Å². The van der Waals surface area contributed by atoms with Gasteiger partial charge in [0.2, 0.25) is 5.91 Å². The van der Waals surface area contributed by atoms with E-state index in [2.05, 4.69) is 34.6 Å². The maximum atomic E-state index is 12.4. The zero-order valence-corrected chi connectivity index (χ0v) is 26.9. The lowest BCUT2D eigenvalue weighted by Gasteiger charge is -2.63. The van der Waals surface area contributed by atoms with Gasteiger partial charge in [-0.25, -0.2) is 0 Å². The summed E-state index contributed by atoms with van der Waals surface area (Å²) in [5.41, 5.74) is -0.308. The van der Waals surface area contributed by atoms with Crippen LogP contribution in [0, 0.1) is 50.7 Å². The molecule has 2 spiro atoms. The number of carbonyl (C=O) groups is 1. The van der Waals surface area contributed by atoms with Crippen LogP contribution in [-0.2, 0) is 9.53 Å². The van der Waals surface area contributed by atoms with Gasteiger partial charge in [0, 0.05) is 32.5 Å². The molecule has 40 heavy (non-hydrogen) atoms. The molecule has 0 saturated heterocycles. The lowest BCUT2D eigenvalue weighted by Crippen LogP contribution is -2.59. The van der Waals surface area contributed by atoms with Crippen molar-refractivity contribution in [3.05, 3.63) is 0 Å². The van der Waals surface area contributed by atoms with Gasteiger partial charge in [-0.05, 0) is 117 Å². The Morgan fingerprint density at radius 1 is 1.00 bits per heavy atom. The first-order valence-corrected chi connectivity index (χ1v) is 16.3. The molecule has 0 heterocycles. The van der Waals surface area contributed by atoms with Gasteiger partial charge < -0.3 is 25.0 Å². The van der Waals surface area contributed by atoms with Gasteiger partial charge in [0.25, 0.3) is 0 Å². The third-order valence-electron chi connectivity index (χ3n) is 14.3. The molecule has 6 unspecified atom stereocenters. The highest BCUT2D eigenvalue weighted by Crippen LogP contribution is 2.89. The molecular formula is C34H59NO5. The van der Waals surface area contributed by atoms with Gasteiger partial charge in [-0.2, -0.15) is 0 Å². The summed E-state index contributed by atoms with van der Waals surface area (Å²) in [4.78, 5) is 14.1. The van der Waals surface area contributed by atoms with Crippen LogP contribution in [0.1, 0.15) is 113 Å². The number of aliphatic hydroxyl groups is 3. The highest BCUT2D eigenvalue weighted by atomic mass is 16.5. The average molecular weight is 562 g/mol. The molecule has 6 heteroatoms. The number of methoxy groups -OCH3 is 1. The van der Waals surface area contributed by atoms with Gasteiger partial charge in [-0.3, -0.25) is 4.79 Å². The van der Waals surface area contributed by atoms with E-state index >= 15 is 0 Å². The molecular weight excluding hydrogens is 502 g/mol. The van der Waals surface area contributed by atoms with Crippen LogP contribution in [0.3, 0.4) is 0 Å². The van der Waals surface area contributed by atoms with Crippen LogP contribution in [0.4, 0.5) is 0 Å². The fourth-order valence-electron chi connectivity index (χ4n) is 12.1. The largest absolute Gasteiger partial charge is 0.393 e. The molecule has 0 radical (unpaired) electrons. The van der Waals surface area contributed by atoms with Crippen LogP contribution in [0.25, 0.3) is 0 Å². The third-order valence-corrected chi connectivity index (χ3v) is 14.3. The molecule has 5 fully saturated rings. The first-order chi connectivity index (χ1) is 18.4. The van der Waals surface area contributed by atoms with E-state index in [-0.39, 0.29) is 47.0 Å². The molecule has 1 amide bonds. The molecule has 0 aromatic rings. The maximum Gasteiger partial charge on any atom is 0.219 e. The molecule has 230 valence electrons. The second kappa shape index (κ2) is 9.66. The number of ether oxygens (including phenoxy) is 1. The van der Waals surface area contributed by atoms with E-state index in [1.54, 1.807) is 32.8 Å². The summed E-state index contributed by atoms with van der Waals surface area (Å²) in [6.07, 6.45) is 9.26. The molecule has 0 aromatic heterocycles. The summed E-state index contributed by atoms with van der Waals surface area (Å²) in [5, 5.41) is 33.2. The SMILES string of the molecule is COC(C[C@@H](C)[C@H]1C[C@H](O)[C@@]2(C)C3CC[C@H]4C(C)(C)C(O)CCC45CC35CCC12C)CN(CC(C)(C)O)C(C)=O. The van der Waals surface area contributed by atoms with Crippen molar-refractivity contribution in [2.24, 2.45) is 50.7 Å². The predicted octanol–water partition coefficient (Wildman–Crippen LogP) is 5.42. The summed E-state index contributed by atoms with van der Waals surface area (Å²) in [7, 11) is 1.73. The zero-order chi connectivity index (χ0) is 29.7. The fourth-order valence-corrected chi connectivity index (χ4v) is 12.1. The molecule has 11 atom stereocenters.